The highest BCUT2D eigenvalue weighted by atomic mass is 16.3. The van der Waals surface area contributed by atoms with Gasteiger partial charge >= 0.3 is 0 Å². The Kier molecular flexibility index (Phi) is 5.71. The standard InChI is InChI=1S/C17H22N2O/c1-14-8-7-12-16(19-14)17(20)18-13-6-5-11-15-9-3-2-4-10-15/h2-4,7-10,12,17-18,20H,5-6,11,13H2,1H3. The van der Waals surface area contributed by atoms with Crippen molar-refractivity contribution in [1.29, 1.82) is 0 Å². The van der Waals surface area contributed by atoms with Gasteiger partial charge < -0.3 is 5.11 Å². The van der Waals surface area contributed by atoms with Crippen LogP contribution in [0.3, 0.4) is 0 Å². The molecule has 1 atom stereocenters. The van der Waals surface area contributed by atoms with Crippen LogP contribution in [-0.4, -0.2) is 16.6 Å². The van der Waals surface area contributed by atoms with Crippen LogP contribution >= 0.6 is 0 Å². The minimum Gasteiger partial charge on any atom is -0.373 e. The molecule has 106 valence electrons. The molecule has 0 saturated carbocycles. The number of unbranched alkanes of at least 4 members (excludes halogenated alkanes) is 1. The predicted octanol–water partition coefficient (Wildman–Crippen LogP) is 2.99. The first-order chi connectivity index (χ1) is 9.75. The quantitative estimate of drug-likeness (QED) is 0.600. The highest BCUT2D eigenvalue weighted by Crippen LogP contribution is 2.08. The van der Waals surface area contributed by atoms with Crippen molar-refractivity contribution in [3.63, 3.8) is 0 Å². The molecule has 20 heavy (non-hydrogen) atoms. The molecule has 0 radical (unpaired) electrons. The van der Waals surface area contributed by atoms with Gasteiger partial charge in [0.2, 0.25) is 0 Å². The molecule has 0 bridgehead atoms. The lowest BCUT2D eigenvalue weighted by Crippen LogP contribution is -2.23. The van der Waals surface area contributed by atoms with E-state index in [1.165, 1.54) is 5.56 Å². The van der Waals surface area contributed by atoms with E-state index in [1.54, 1.807) is 0 Å². The lowest BCUT2D eigenvalue weighted by atomic mass is 10.1. The Morgan fingerprint density at radius 1 is 1.05 bits per heavy atom. The molecular formula is C17H22N2O. The number of benzene rings is 1. The molecule has 0 amide bonds. The van der Waals surface area contributed by atoms with Gasteiger partial charge in [0.25, 0.3) is 0 Å². The Bertz CT molecular complexity index is 513. The Morgan fingerprint density at radius 2 is 1.85 bits per heavy atom. The largest absolute Gasteiger partial charge is 0.373 e. The van der Waals surface area contributed by atoms with Crippen molar-refractivity contribution in [2.75, 3.05) is 6.54 Å². The van der Waals surface area contributed by atoms with E-state index in [-0.39, 0.29) is 0 Å². The molecule has 1 unspecified atom stereocenters. The summed E-state index contributed by atoms with van der Waals surface area (Å²) in [5.41, 5.74) is 2.98. The summed E-state index contributed by atoms with van der Waals surface area (Å²) in [4.78, 5) is 4.31. The number of aliphatic hydroxyl groups is 1. The van der Waals surface area contributed by atoms with Crippen LogP contribution in [0.15, 0.2) is 48.5 Å². The number of hydrogen-bond acceptors (Lipinski definition) is 3. The fourth-order valence-electron chi connectivity index (χ4n) is 2.16. The second kappa shape index (κ2) is 7.78. The summed E-state index contributed by atoms with van der Waals surface area (Å²) >= 11 is 0. The predicted molar refractivity (Wildman–Crippen MR) is 81.3 cm³/mol. The van der Waals surface area contributed by atoms with E-state index in [0.29, 0.717) is 5.69 Å². The molecular weight excluding hydrogens is 248 g/mol. The second-order valence-corrected chi connectivity index (χ2v) is 5.00. The molecule has 0 aliphatic carbocycles. The summed E-state index contributed by atoms with van der Waals surface area (Å²) in [7, 11) is 0. The highest BCUT2D eigenvalue weighted by Gasteiger charge is 2.07. The van der Waals surface area contributed by atoms with E-state index in [1.807, 2.05) is 31.2 Å². The average molecular weight is 270 g/mol. The van der Waals surface area contributed by atoms with Gasteiger partial charge in [0, 0.05) is 5.69 Å². The molecule has 0 aliphatic rings. The zero-order chi connectivity index (χ0) is 14.2. The van der Waals surface area contributed by atoms with E-state index < -0.39 is 6.23 Å². The van der Waals surface area contributed by atoms with Crippen LogP contribution in [0.2, 0.25) is 0 Å². The smallest absolute Gasteiger partial charge is 0.148 e. The van der Waals surface area contributed by atoms with Gasteiger partial charge in [0.15, 0.2) is 0 Å². The molecule has 1 aromatic heterocycles. The number of pyridine rings is 1. The number of rotatable bonds is 7. The van der Waals surface area contributed by atoms with Crippen LogP contribution in [-0.2, 0) is 6.42 Å². The summed E-state index contributed by atoms with van der Waals surface area (Å²) in [5, 5.41) is 13.1. The van der Waals surface area contributed by atoms with Gasteiger partial charge in [-0.15, -0.1) is 0 Å². The van der Waals surface area contributed by atoms with Gasteiger partial charge in [-0.25, -0.2) is 0 Å². The van der Waals surface area contributed by atoms with Crippen molar-refractivity contribution in [2.45, 2.75) is 32.4 Å². The molecule has 2 N–H and O–H groups in total. The van der Waals surface area contributed by atoms with E-state index in [9.17, 15) is 5.11 Å². The topological polar surface area (TPSA) is 45.1 Å². The Hall–Kier alpha value is -1.71. The minimum atomic E-state index is -0.674. The van der Waals surface area contributed by atoms with E-state index >= 15 is 0 Å². The molecule has 2 rings (SSSR count). The Labute approximate surface area is 120 Å². The number of nitrogens with zero attached hydrogens (tertiary/aromatic N) is 1. The third kappa shape index (κ3) is 4.76. The lowest BCUT2D eigenvalue weighted by molar-refractivity contribution is 0.134. The van der Waals surface area contributed by atoms with Crippen LogP contribution in [0.1, 0.15) is 36.0 Å². The molecule has 0 saturated heterocycles. The molecule has 1 heterocycles. The first kappa shape index (κ1) is 14.7. The van der Waals surface area contributed by atoms with Crippen molar-refractivity contribution >= 4 is 0 Å². The molecule has 3 nitrogen and oxygen atoms in total. The molecule has 0 fully saturated rings. The van der Waals surface area contributed by atoms with Crippen LogP contribution in [0.5, 0.6) is 0 Å². The summed E-state index contributed by atoms with van der Waals surface area (Å²) in [6, 6.07) is 16.2. The zero-order valence-corrected chi connectivity index (χ0v) is 11.9. The number of aliphatic hydroxyl groups excluding tert-OH is 1. The zero-order valence-electron chi connectivity index (χ0n) is 11.9. The van der Waals surface area contributed by atoms with Crippen molar-refractivity contribution in [3.05, 3.63) is 65.5 Å². The molecule has 0 spiro atoms. The lowest BCUT2D eigenvalue weighted by Gasteiger charge is -2.12. The Balaban J connectivity index is 1.66. The van der Waals surface area contributed by atoms with Gasteiger partial charge in [-0.1, -0.05) is 36.4 Å². The number of hydrogen-bond donors (Lipinski definition) is 2. The summed E-state index contributed by atoms with van der Waals surface area (Å²) < 4.78 is 0. The summed E-state index contributed by atoms with van der Waals surface area (Å²) in [6.07, 6.45) is 2.57. The van der Waals surface area contributed by atoms with Gasteiger partial charge in [-0.3, -0.25) is 10.3 Å². The third-order valence-corrected chi connectivity index (χ3v) is 3.26. The van der Waals surface area contributed by atoms with E-state index in [2.05, 4.69) is 34.6 Å². The minimum absolute atomic E-state index is 0.674. The molecule has 2 aromatic rings. The molecule has 1 aromatic carbocycles. The number of nitrogens with one attached hydrogen (secondary N) is 1. The van der Waals surface area contributed by atoms with Gasteiger partial charge in [0.05, 0.1) is 5.69 Å². The molecule has 3 heteroatoms. The normalized spacial score (nSPS) is 12.3. The first-order valence-corrected chi connectivity index (χ1v) is 7.14. The SMILES string of the molecule is Cc1cccc(C(O)NCCCCc2ccccc2)n1. The summed E-state index contributed by atoms with van der Waals surface area (Å²) in [6.45, 7) is 2.72. The second-order valence-electron chi connectivity index (χ2n) is 5.00. The van der Waals surface area contributed by atoms with Crippen LogP contribution in [0.25, 0.3) is 0 Å². The van der Waals surface area contributed by atoms with Gasteiger partial charge in [-0.05, 0) is 50.4 Å². The van der Waals surface area contributed by atoms with Crippen LogP contribution < -0.4 is 5.32 Å². The fraction of sp³-hybridized carbons (Fsp3) is 0.353. The van der Waals surface area contributed by atoms with Crippen molar-refractivity contribution < 1.29 is 5.11 Å². The Morgan fingerprint density at radius 3 is 2.60 bits per heavy atom. The van der Waals surface area contributed by atoms with Gasteiger partial charge in [-0.2, -0.15) is 0 Å². The van der Waals surface area contributed by atoms with Crippen molar-refractivity contribution in [3.8, 4) is 0 Å². The third-order valence-electron chi connectivity index (χ3n) is 3.26. The van der Waals surface area contributed by atoms with Crippen molar-refractivity contribution in [2.24, 2.45) is 0 Å². The van der Waals surface area contributed by atoms with Crippen LogP contribution in [0, 0.1) is 6.92 Å². The number of aromatic nitrogens is 1. The maximum atomic E-state index is 9.99. The van der Waals surface area contributed by atoms with Crippen molar-refractivity contribution in [1.82, 2.24) is 10.3 Å². The fourth-order valence-corrected chi connectivity index (χ4v) is 2.16. The summed E-state index contributed by atoms with van der Waals surface area (Å²) in [5.74, 6) is 0. The van der Waals surface area contributed by atoms with Gasteiger partial charge in [0.1, 0.15) is 6.23 Å². The maximum absolute atomic E-state index is 9.99. The molecule has 0 aliphatic heterocycles. The van der Waals surface area contributed by atoms with Crippen LogP contribution in [0.4, 0.5) is 0 Å². The first-order valence-electron chi connectivity index (χ1n) is 7.14. The maximum Gasteiger partial charge on any atom is 0.148 e. The van der Waals surface area contributed by atoms with E-state index in [0.717, 1.165) is 31.5 Å². The number of aryl methyl sites for hydroxylation is 2. The van der Waals surface area contributed by atoms with E-state index in [4.69, 9.17) is 0 Å². The monoisotopic (exact) mass is 270 g/mol. The average Bonchev–Trinajstić information content (AvgIpc) is 2.48. The highest BCUT2D eigenvalue weighted by molar-refractivity contribution is 5.14.